The third kappa shape index (κ3) is 3.89. The third-order valence-electron chi connectivity index (χ3n) is 4.85. The normalized spacial score (nSPS) is 14.7. The van der Waals surface area contributed by atoms with E-state index in [1.165, 1.54) is 40.8 Å². The minimum atomic E-state index is -0.0885. The number of hydrogen-bond donors (Lipinski definition) is 1. The summed E-state index contributed by atoms with van der Waals surface area (Å²) in [7, 11) is 0. The van der Waals surface area contributed by atoms with Crippen LogP contribution in [0.15, 0.2) is 41.1 Å². The Morgan fingerprint density at radius 2 is 2.04 bits per heavy atom. The number of amides is 1. The lowest BCUT2D eigenvalue weighted by Crippen LogP contribution is -2.30. The molecular weight excluding hydrogens is 360 g/mol. The van der Waals surface area contributed by atoms with Crippen LogP contribution >= 0.6 is 22.7 Å². The number of aromatic nitrogens is 1. The lowest BCUT2D eigenvalue weighted by Gasteiger charge is -2.22. The van der Waals surface area contributed by atoms with Crippen molar-refractivity contribution < 1.29 is 4.79 Å². The molecule has 1 unspecified atom stereocenters. The van der Waals surface area contributed by atoms with E-state index in [-0.39, 0.29) is 11.9 Å². The molecule has 0 radical (unpaired) electrons. The summed E-state index contributed by atoms with van der Waals surface area (Å²) in [6.07, 6.45) is 5.19. The largest absolute Gasteiger partial charge is 0.344 e. The second kappa shape index (κ2) is 7.72. The van der Waals surface area contributed by atoms with Crippen molar-refractivity contribution in [1.82, 2.24) is 10.3 Å². The van der Waals surface area contributed by atoms with E-state index in [1.54, 1.807) is 22.7 Å². The van der Waals surface area contributed by atoms with Crippen molar-refractivity contribution in [3.8, 4) is 0 Å². The van der Waals surface area contributed by atoms with Gasteiger partial charge in [0, 0.05) is 10.3 Å². The van der Waals surface area contributed by atoms with Crippen molar-refractivity contribution in [2.75, 3.05) is 0 Å². The van der Waals surface area contributed by atoms with Crippen LogP contribution in [0, 0.1) is 6.92 Å². The van der Waals surface area contributed by atoms with E-state index in [2.05, 4.69) is 39.9 Å². The zero-order chi connectivity index (χ0) is 17.9. The number of nitrogens with zero attached hydrogens (tertiary/aromatic N) is 1. The molecule has 3 nitrogen and oxygen atoms in total. The van der Waals surface area contributed by atoms with Gasteiger partial charge in [-0.2, -0.15) is 0 Å². The molecule has 2 aromatic heterocycles. The van der Waals surface area contributed by atoms with Crippen LogP contribution in [0.1, 0.15) is 51.2 Å². The van der Waals surface area contributed by atoms with Crippen LogP contribution in [-0.2, 0) is 24.1 Å². The van der Waals surface area contributed by atoms with Crippen molar-refractivity contribution in [2.45, 2.75) is 45.1 Å². The summed E-state index contributed by atoms with van der Waals surface area (Å²) in [5.41, 5.74) is 4.94. The number of fused-ring (bicyclic) bond motifs is 1. The first-order valence-electron chi connectivity index (χ1n) is 9.04. The number of thiazole rings is 1. The molecule has 1 aliphatic rings. The fourth-order valence-electron chi connectivity index (χ4n) is 3.57. The van der Waals surface area contributed by atoms with E-state index in [9.17, 15) is 4.79 Å². The maximum atomic E-state index is 12.6. The molecule has 0 saturated heterocycles. The van der Waals surface area contributed by atoms with Crippen molar-refractivity contribution in [2.24, 2.45) is 0 Å². The van der Waals surface area contributed by atoms with Crippen LogP contribution in [0.5, 0.6) is 0 Å². The zero-order valence-corrected chi connectivity index (χ0v) is 16.5. The molecular formula is C21H22N2OS2. The summed E-state index contributed by atoms with van der Waals surface area (Å²) < 4.78 is 0. The molecule has 26 heavy (non-hydrogen) atoms. The molecule has 1 aliphatic carbocycles. The minimum Gasteiger partial charge on any atom is -0.344 e. The summed E-state index contributed by atoms with van der Waals surface area (Å²) >= 11 is 3.27. The molecule has 0 fully saturated rings. The van der Waals surface area contributed by atoms with E-state index in [0.717, 1.165) is 17.1 Å². The number of hydrogen-bond acceptors (Lipinski definition) is 4. The Bertz CT molecular complexity index is 899. The van der Waals surface area contributed by atoms with Gasteiger partial charge < -0.3 is 5.32 Å². The topological polar surface area (TPSA) is 42.0 Å². The first-order chi connectivity index (χ1) is 12.7. The van der Waals surface area contributed by atoms with Gasteiger partial charge in [0.2, 0.25) is 5.91 Å². The maximum absolute atomic E-state index is 12.6. The maximum Gasteiger partial charge on any atom is 0.226 e. The Morgan fingerprint density at radius 3 is 2.77 bits per heavy atom. The second-order valence-electron chi connectivity index (χ2n) is 6.79. The highest BCUT2D eigenvalue weighted by Gasteiger charge is 2.20. The molecule has 2 heterocycles. The van der Waals surface area contributed by atoms with Gasteiger partial charge in [-0.25, -0.2) is 4.98 Å². The van der Waals surface area contributed by atoms with Gasteiger partial charge in [-0.1, -0.05) is 24.3 Å². The highest BCUT2D eigenvalue weighted by atomic mass is 32.1. The van der Waals surface area contributed by atoms with Crippen LogP contribution in [0.3, 0.4) is 0 Å². The van der Waals surface area contributed by atoms with Gasteiger partial charge in [0.15, 0.2) is 0 Å². The van der Waals surface area contributed by atoms with Gasteiger partial charge >= 0.3 is 0 Å². The van der Waals surface area contributed by atoms with Crippen LogP contribution in [-0.4, -0.2) is 10.9 Å². The molecule has 0 bridgehead atoms. The van der Waals surface area contributed by atoms with E-state index in [0.29, 0.717) is 6.42 Å². The van der Waals surface area contributed by atoms with Crippen LogP contribution in [0.25, 0.3) is 0 Å². The second-order valence-corrected chi connectivity index (χ2v) is 8.83. The summed E-state index contributed by atoms with van der Waals surface area (Å²) in [5.74, 6) is 0.0198. The van der Waals surface area contributed by atoms with Crippen LogP contribution in [0.4, 0.5) is 0 Å². The molecule has 5 heteroatoms. The average molecular weight is 383 g/mol. The molecule has 0 spiro atoms. The van der Waals surface area contributed by atoms with E-state index in [1.807, 2.05) is 18.4 Å². The molecule has 4 rings (SSSR count). The number of aryl methyl sites for hydroxylation is 3. The standard InChI is InChI=1S/C21H22N2OS2/c1-14-22-18(13-26-14)12-20(24)23-21(19-7-4-10-25-19)17-9-8-15-5-2-3-6-16(15)11-17/h4,7-11,13,21H,2-3,5-6,12H2,1H3,(H,23,24). The fourth-order valence-corrected chi connectivity index (χ4v) is 4.99. The van der Waals surface area contributed by atoms with Crippen LogP contribution < -0.4 is 5.32 Å². The lowest BCUT2D eigenvalue weighted by atomic mass is 9.89. The van der Waals surface area contributed by atoms with E-state index in [4.69, 9.17) is 0 Å². The zero-order valence-electron chi connectivity index (χ0n) is 14.8. The predicted molar refractivity (Wildman–Crippen MR) is 108 cm³/mol. The average Bonchev–Trinajstić information content (AvgIpc) is 3.31. The van der Waals surface area contributed by atoms with Crippen LogP contribution in [0.2, 0.25) is 0 Å². The first kappa shape index (κ1) is 17.4. The number of carbonyl (C=O) groups excluding carboxylic acids is 1. The number of rotatable bonds is 5. The molecule has 0 aliphatic heterocycles. The number of carbonyl (C=O) groups is 1. The molecule has 1 aromatic carbocycles. The highest BCUT2D eigenvalue weighted by molar-refractivity contribution is 7.10. The van der Waals surface area contributed by atoms with Gasteiger partial charge in [-0.15, -0.1) is 22.7 Å². The van der Waals surface area contributed by atoms with E-state index < -0.39 is 0 Å². The summed E-state index contributed by atoms with van der Waals surface area (Å²) in [6, 6.07) is 10.8. The van der Waals surface area contributed by atoms with Gasteiger partial charge in [0.25, 0.3) is 0 Å². The third-order valence-corrected chi connectivity index (χ3v) is 6.61. The van der Waals surface area contributed by atoms with Gasteiger partial charge in [-0.05, 0) is 60.7 Å². The van der Waals surface area contributed by atoms with Gasteiger partial charge in [-0.3, -0.25) is 4.79 Å². The summed E-state index contributed by atoms with van der Waals surface area (Å²) in [5, 5.41) is 8.27. The summed E-state index contributed by atoms with van der Waals surface area (Å²) in [6.45, 7) is 1.97. The minimum absolute atomic E-state index is 0.0198. The van der Waals surface area contributed by atoms with Gasteiger partial charge in [0.1, 0.15) is 0 Å². The molecule has 0 saturated carbocycles. The smallest absolute Gasteiger partial charge is 0.226 e. The lowest BCUT2D eigenvalue weighted by molar-refractivity contribution is -0.121. The van der Waals surface area contributed by atoms with Crippen molar-refractivity contribution in [3.05, 3.63) is 73.4 Å². The highest BCUT2D eigenvalue weighted by Crippen LogP contribution is 2.30. The number of benzene rings is 1. The van der Waals surface area contributed by atoms with Crippen molar-refractivity contribution in [3.63, 3.8) is 0 Å². The van der Waals surface area contributed by atoms with E-state index >= 15 is 0 Å². The Kier molecular flexibility index (Phi) is 5.18. The molecule has 1 amide bonds. The molecule has 1 N–H and O–H groups in total. The molecule has 3 aromatic rings. The SMILES string of the molecule is Cc1nc(CC(=O)NC(c2ccc3c(c2)CCCC3)c2cccs2)cs1. The molecule has 134 valence electrons. The Balaban J connectivity index is 1.58. The number of thiophene rings is 1. The monoisotopic (exact) mass is 382 g/mol. The quantitative estimate of drug-likeness (QED) is 0.686. The first-order valence-corrected chi connectivity index (χ1v) is 10.8. The van der Waals surface area contributed by atoms with Gasteiger partial charge in [0.05, 0.1) is 23.2 Å². The number of nitrogens with one attached hydrogen (secondary N) is 1. The fraction of sp³-hybridized carbons (Fsp3) is 0.333. The Labute approximate surface area is 162 Å². The predicted octanol–water partition coefficient (Wildman–Crippen LogP) is 4.84. The summed E-state index contributed by atoms with van der Waals surface area (Å²) in [4.78, 5) is 18.2. The Morgan fingerprint density at radius 1 is 1.19 bits per heavy atom. The van der Waals surface area contributed by atoms with Crippen molar-refractivity contribution >= 4 is 28.6 Å². The van der Waals surface area contributed by atoms with Crippen molar-refractivity contribution in [1.29, 1.82) is 0 Å². The molecule has 1 atom stereocenters. The Hall–Kier alpha value is -1.98.